The topological polar surface area (TPSA) is 221 Å². The quantitative estimate of drug-likeness (QED) is 0.0941. The molecule has 57 heavy (non-hydrogen) atoms. The molecule has 2 heterocycles. The van der Waals surface area contributed by atoms with Gasteiger partial charge in [0, 0.05) is 12.2 Å². The monoisotopic (exact) mass is 808 g/mol. The van der Waals surface area contributed by atoms with E-state index in [1.165, 1.54) is 0 Å². The lowest BCUT2D eigenvalue weighted by molar-refractivity contribution is -0.164. The third-order valence-electron chi connectivity index (χ3n) is 10.8. The summed E-state index contributed by atoms with van der Waals surface area (Å²) in [5.41, 5.74) is 0. The average molecular weight is 809 g/mol. The Bertz CT molecular complexity index is 1440. The zero-order chi connectivity index (χ0) is 40.7. The van der Waals surface area contributed by atoms with E-state index < -0.39 is 60.7 Å². The van der Waals surface area contributed by atoms with E-state index in [9.17, 15) is 33.6 Å². The molecule has 0 amide bonds. The number of hydrogen-bond donors (Lipinski definition) is 0. The minimum Gasteiger partial charge on any atom is -0.462 e. The molecule has 2 aliphatic heterocycles. The van der Waals surface area contributed by atoms with Crippen LogP contribution in [0.2, 0.25) is 0 Å². The molecule has 1 unspecified atom stereocenters. The average Bonchev–Trinajstić information content (AvgIpc) is 3.81. The third-order valence-corrected chi connectivity index (χ3v) is 10.8. The molecule has 18 nitrogen and oxygen atoms in total. The Morgan fingerprint density at radius 1 is 0.439 bits per heavy atom. The molecule has 4 atom stereocenters. The summed E-state index contributed by atoms with van der Waals surface area (Å²) < 4.78 is 59.1. The summed E-state index contributed by atoms with van der Waals surface area (Å²) in [6.45, 7) is 6.25. The first kappa shape index (κ1) is 43.4. The smallest absolute Gasteiger partial charge is 0.462 e. The van der Waals surface area contributed by atoms with Crippen molar-refractivity contribution in [2.24, 2.45) is 17.8 Å². The van der Waals surface area contributed by atoms with Gasteiger partial charge in [-0.25, -0.2) is 19.2 Å². The highest BCUT2D eigenvalue weighted by Gasteiger charge is 2.52. The first-order valence-corrected chi connectivity index (χ1v) is 19.6. The number of fused-ring (bicyclic) bond motifs is 1. The van der Waals surface area contributed by atoms with Crippen LogP contribution in [0.15, 0.2) is 25.3 Å². The van der Waals surface area contributed by atoms with Crippen LogP contribution in [0.4, 0.5) is 9.59 Å². The third kappa shape index (κ3) is 13.2. The van der Waals surface area contributed by atoms with E-state index in [2.05, 4.69) is 13.2 Å². The summed E-state index contributed by atoms with van der Waals surface area (Å²) in [6.07, 6.45) is 2.54. The fourth-order valence-electron chi connectivity index (χ4n) is 7.62. The molecule has 5 rings (SSSR count). The summed E-state index contributed by atoms with van der Waals surface area (Å²) >= 11 is 0. The van der Waals surface area contributed by atoms with Crippen molar-refractivity contribution in [1.29, 1.82) is 0 Å². The van der Waals surface area contributed by atoms with Gasteiger partial charge in [-0.1, -0.05) is 13.2 Å². The number of carbonyl (C=O) groups excluding carboxylic acids is 7. The molecule has 0 N–H and O–H groups in total. The number of carbonyl (C=O) groups is 7. The zero-order valence-corrected chi connectivity index (χ0v) is 31.9. The number of rotatable bonds is 16. The highest BCUT2D eigenvalue weighted by Crippen LogP contribution is 2.36. The summed E-state index contributed by atoms with van der Waals surface area (Å²) in [4.78, 5) is 85.0. The van der Waals surface area contributed by atoms with Crippen LogP contribution in [0.25, 0.3) is 0 Å². The fraction of sp³-hybridized carbons (Fsp3) is 0.718. The second-order valence-corrected chi connectivity index (χ2v) is 14.6. The van der Waals surface area contributed by atoms with Gasteiger partial charge in [-0.3, -0.25) is 14.4 Å². The van der Waals surface area contributed by atoms with Crippen LogP contribution in [0.1, 0.15) is 77.0 Å². The maximum atomic E-state index is 13.1. The van der Waals surface area contributed by atoms with Gasteiger partial charge in [0.15, 0.2) is 12.2 Å². The number of hydrogen-bond acceptors (Lipinski definition) is 18. The minimum atomic E-state index is -0.876. The predicted molar refractivity (Wildman–Crippen MR) is 190 cm³/mol. The van der Waals surface area contributed by atoms with E-state index in [1.54, 1.807) is 0 Å². The van der Waals surface area contributed by atoms with Gasteiger partial charge in [-0.15, -0.1) is 0 Å². The Morgan fingerprint density at radius 2 is 0.754 bits per heavy atom. The maximum absolute atomic E-state index is 13.1. The van der Waals surface area contributed by atoms with Crippen molar-refractivity contribution in [1.82, 2.24) is 0 Å². The van der Waals surface area contributed by atoms with Gasteiger partial charge >= 0.3 is 42.2 Å². The molecule has 0 aromatic carbocycles. The Hall–Kier alpha value is -4.71. The molecule has 0 bridgehead atoms. The minimum absolute atomic E-state index is 0.107. The van der Waals surface area contributed by atoms with Gasteiger partial charge < -0.3 is 52.1 Å². The molecule has 0 spiro atoms. The summed E-state index contributed by atoms with van der Waals surface area (Å²) in [5.74, 6) is -3.35. The Kier molecular flexibility index (Phi) is 16.5. The molecule has 3 saturated carbocycles. The van der Waals surface area contributed by atoms with Crippen LogP contribution in [-0.4, -0.2) is 125 Å². The van der Waals surface area contributed by atoms with Crippen molar-refractivity contribution in [3.63, 3.8) is 0 Å². The zero-order valence-electron chi connectivity index (χ0n) is 31.9. The maximum Gasteiger partial charge on any atom is 0.508 e. The van der Waals surface area contributed by atoms with Gasteiger partial charge in [0.25, 0.3) is 0 Å². The van der Waals surface area contributed by atoms with Crippen molar-refractivity contribution < 1.29 is 85.7 Å². The lowest BCUT2D eigenvalue weighted by Gasteiger charge is -2.31. The molecule has 316 valence electrons. The summed E-state index contributed by atoms with van der Waals surface area (Å²) in [5, 5.41) is 0. The van der Waals surface area contributed by atoms with Crippen molar-refractivity contribution in [2.45, 2.75) is 120 Å². The van der Waals surface area contributed by atoms with Crippen LogP contribution in [-0.2, 0) is 76.1 Å². The van der Waals surface area contributed by atoms with E-state index >= 15 is 0 Å². The van der Waals surface area contributed by atoms with Gasteiger partial charge in [0.05, 0.1) is 31.0 Å². The Morgan fingerprint density at radius 3 is 1.11 bits per heavy atom. The number of esters is 5. The largest absolute Gasteiger partial charge is 0.508 e. The normalized spacial score (nSPS) is 30.6. The first-order valence-electron chi connectivity index (χ1n) is 19.6. The summed E-state index contributed by atoms with van der Waals surface area (Å²) in [7, 11) is 0. The van der Waals surface area contributed by atoms with Crippen molar-refractivity contribution in [2.75, 3.05) is 39.6 Å². The van der Waals surface area contributed by atoms with Crippen LogP contribution >= 0.6 is 0 Å². The molecule has 2 saturated heterocycles. The van der Waals surface area contributed by atoms with Crippen LogP contribution in [0, 0.1) is 17.8 Å². The molecular weight excluding hydrogens is 756 g/mol. The molecule has 0 radical (unpaired) electrons. The van der Waals surface area contributed by atoms with Gasteiger partial charge in [0.2, 0.25) is 0 Å². The second kappa shape index (κ2) is 21.7. The van der Waals surface area contributed by atoms with Gasteiger partial charge in [0.1, 0.15) is 56.9 Å². The molecule has 0 aromatic rings. The summed E-state index contributed by atoms with van der Waals surface area (Å²) in [6, 6.07) is 0. The van der Waals surface area contributed by atoms with E-state index in [-0.39, 0.29) is 81.5 Å². The van der Waals surface area contributed by atoms with Crippen LogP contribution in [0.3, 0.4) is 0 Å². The van der Waals surface area contributed by atoms with E-state index in [4.69, 9.17) is 52.1 Å². The molecule has 5 fully saturated rings. The highest BCUT2D eigenvalue weighted by atomic mass is 16.7. The van der Waals surface area contributed by atoms with E-state index in [0.29, 0.717) is 77.0 Å². The van der Waals surface area contributed by atoms with Crippen molar-refractivity contribution >= 4 is 42.2 Å². The SMILES string of the molecule is C=CC(=O)OCCOC(=O)OC1CCC(C(=O)OC2CCC(C(=O)OC3CO[C@@H]4[C@@H](OC(=O)C5CCC(OC(=O)OCCOC(=O)C=C)CC5)CO[C@H]34)CC2)CC1. The van der Waals surface area contributed by atoms with Gasteiger partial charge in [-0.2, -0.15) is 0 Å². The Balaban J connectivity index is 0.923. The molecular formula is C39H52O18. The second-order valence-electron chi connectivity index (χ2n) is 14.6. The number of ether oxygens (including phenoxy) is 11. The lowest BCUT2D eigenvalue weighted by atomic mass is 9.86. The van der Waals surface area contributed by atoms with Crippen LogP contribution < -0.4 is 0 Å². The standard InChI is InChI=1S/C39H52O18/c1-3-31(40)47-17-19-49-38(45)54-27-13-7-23(8-14-27)35(42)53-26-11-5-24(6-12-26)36(43)56-29-21-51-34-30(22-52-33(29)34)57-37(44)25-9-15-28(16-10-25)55-39(46)50-20-18-48-32(41)4-2/h3-4,23-30,33-34H,1-2,5-22H2/t23?,24?,25?,26?,27?,28?,29?,30-,33+,34+/m0/s1. The lowest BCUT2D eigenvalue weighted by Crippen LogP contribution is -2.39. The fourth-order valence-corrected chi connectivity index (χ4v) is 7.62. The van der Waals surface area contributed by atoms with Crippen LogP contribution in [0.5, 0.6) is 0 Å². The molecule has 18 heteroatoms. The first-order chi connectivity index (χ1) is 27.5. The van der Waals surface area contributed by atoms with Crippen molar-refractivity contribution in [3.8, 4) is 0 Å². The van der Waals surface area contributed by atoms with E-state index in [1.807, 2.05) is 0 Å². The molecule has 3 aliphatic carbocycles. The predicted octanol–water partition coefficient (Wildman–Crippen LogP) is 3.59. The molecule has 5 aliphatic rings. The van der Waals surface area contributed by atoms with Gasteiger partial charge in [-0.05, 0) is 77.0 Å². The Labute approximate surface area is 330 Å². The van der Waals surface area contributed by atoms with Crippen molar-refractivity contribution in [3.05, 3.63) is 25.3 Å². The highest BCUT2D eigenvalue weighted by molar-refractivity contribution is 5.81. The van der Waals surface area contributed by atoms with E-state index in [0.717, 1.165) is 12.2 Å². The molecule has 0 aromatic heterocycles.